The standard InChI is InChI=1S/C13H11ClN2O2/c1-16(10-4-6-15-7-5-10)13(18)11-3-2-9(14)8-12(11)17/h2-8,17H,1H3. The van der Waals surface area contributed by atoms with Gasteiger partial charge in [-0.1, -0.05) is 11.6 Å². The van der Waals surface area contributed by atoms with Crippen molar-refractivity contribution >= 4 is 23.2 Å². The minimum absolute atomic E-state index is 0.131. The molecule has 1 amide bonds. The van der Waals surface area contributed by atoms with Crippen LogP contribution >= 0.6 is 11.6 Å². The Morgan fingerprint density at radius 3 is 2.56 bits per heavy atom. The molecule has 0 saturated carbocycles. The van der Waals surface area contributed by atoms with Crippen molar-refractivity contribution in [3.05, 3.63) is 53.3 Å². The van der Waals surface area contributed by atoms with Gasteiger partial charge in [0.05, 0.1) is 5.56 Å². The van der Waals surface area contributed by atoms with Crippen LogP contribution in [0, 0.1) is 0 Å². The highest BCUT2D eigenvalue weighted by Crippen LogP contribution is 2.24. The van der Waals surface area contributed by atoms with Crippen LogP contribution in [0.3, 0.4) is 0 Å². The monoisotopic (exact) mass is 262 g/mol. The Kier molecular flexibility index (Phi) is 3.48. The highest BCUT2D eigenvalue weighted by Gasteiger charge is 2.17. The average Bonchev–Trinajstić information content (AvgIpc) is 2.38. The number of pyridine rings is 1. The van der Waals surface area contributed by atoms with Crippen molar-refractivity contribution in [3.63, 3.8) is 0 Å². The van der Waals surface area contributed by atoms with Crippen molar-refractivity contribution < 1.29 is 9.90 Å². The van der Waals surface area contributed by atoms with E-state index in [0.717, 1.165) is 0 Å². The SMILES string of the molecule is CN(C(=O)c1ccc(Cl)cc1O)c1ccncc1. The fraction of sp³-hybridized carbons (Fsp3) is 0.0769. The van der Waals surface area contributed by atoms with E-state index in [9.17, 15) is 9.90 Å². The van der Waals surface area contributed by atoms with Crippen LogP contribution in [-0.2, 0) is 0 Å². The van der Waals surface area contributed by atoms with Gasteiger partial charge in [0.15, 0.2) is 0 Å². The van der Waals surface area contributed by atoms with E-state index >= 15 is 0 Å². The molecule has 1 heterocycles. The Morgan fingerprint density at radius 2 is 1.94 bits per heavy atom. The summed E-state index contributed by atoms with van der Waals surface area (Å²) in [6.07, 6.45) is 3.20. The summed E-state index contributed by atoms with van der Waals surface area (Å²) in [7, 11) is 1.63. The smallest absolute Gasteiger partial charge is 0.261 e. The van der Waals surface area contributed by atoms with Gasteiger partial charge in [0.1, 0.15) is 5.75 Å². The van der Waals surface area contributed by atoms with Gasteiger partial charge in [0.2, 0.25) is 0 Å². The lowest BCUT2D eigenvalue weighted by Crippen LogP contribution is -2.26. The van der Waals surface area contributed by atoms with Crippen LogP contribution in [0.15, 0.2) is 42.7 Å². The van der Waals surface area contributed by atoms with E-state index in [1.807, 2.05) is 0 Å². The topological polar surface area (TPSA) is 53.4 Å². The molecule has 18 heavy (non-hydrogen) atoms. The van der Waals surface area contributed by atoms with Crippen LogP contribution in [0.5, 0.6) is 5.75 Å². The number of hydrogen-bond donors (Lipinski definition) is 1. The number of halogens is 1. The van der Waals surface area contributed by atoms with Crippen LogP contribution < -0.4 is 4.90 Å². The summed E-state index contributed by atoms with van der Waals surface area (Å²) in [5, 5.41) is 10.1. The van der Waals surface area contributed by atoms with Gasteiger partial charge < -0.3 is 10.0 Å². The second-order valence-electron chi connectivity index (χ2n) is 3.73. The third-order valence-corrected chi connectivity index (χ3v) is 2.78. The van der Waals surface area contributed by atoms with Crippen molar-refractivity contribution in [2.24, 2.45) is 0 Å². The van der Waals surface area contributed by atoms with Crippen molar-refractivity contribution in [1.82, 2.24) is 4.98 Å². The molecule has 0 radical (unpaired) electrons. The zero-order chi connectivity index (χ0) is 13.1. The summed E-state index contributed by atoms with van der Waals surface area (Å²) in [4.78, 5) is 17.5. The third kappa shape index (κ3) is 2.43. The molecule has 0 aliphatic carbocycles. The van der Waals surface area contributed by atoms with Gasteiger partial charge in [0, 0.05) is 30.2 Å². The first-order valence-corrected chi connectivity index (χ1v) is 5.64. The zero-order valence-corrected chi connectivity index (χ0v) is 10.4. The fourth-order valence-electron chi connectivity index (χ4n) is 1.55. The number of rotatable bonds is 2. The van der Waals surface area contributed by atoms with Crippen molar-refractivity contribution in [2.75, 3.05) is 11.9 Å². The number of anilines is 1. The number of nitrogens with zero attached hydrogens (tertiary/aromatic N) is 2. The van der Waals surface area contributed by atoms with E-state index in [1.165, 1.54) is 17.0 Å². The van der Waals surface area contributed by atoms with Gasteiger partial charge in [-0.2, -0.15) is 0 Å². The fourth-order valence-corrected chi connectivity index (χ4v) is 1.72. The van der Waals surface area contributed by atoms with Gasteiger partial charge in [-0.15, -0.1) is 0 Å². The van der Waals surface area contributed by atoms with Crippen LogP contribution in [0.2, 0.25) is 5.02 Å². The molecular formula is C13H11ClN2O2. The summed E-state index contributed by atoms with van der Waals surface area (Å²) in [5.41, 5.74) is 0.906. The molecule has 2 aromatic rings. The minimum atomic E-state index is -0.310. The molecule has 5 heteroatoms. The zero-order valence-electron chi connectivity index (χ0n) is 9.67. The highest BCUT2D eigenvalue weighted by molar-refractivity contribution is 6.31. The van der Waals surface area contributed by atoms with Gasteiger partial charge in [-0.25, -0.2) is 0 Å². The first-order chi connectivity index (χ1) is 8.59. The Balaban J connectivity index is 2.32. The molecule has 0 atom stereocenters. The van der Waals surface area contributed by atoms with Crippen molar-refractivity contribution in [3.8, 4) is 5.75 Å². The van der Waals surface area contributed by atoms with E-state index in [1.54, 1.807) is 37.6 Å². The maximum absolute atomic E-state index is 12.2. The van der Waals surface area contributed by atoms with Crippen LogP contribution in [0.1, 0.15) is 10.4 Å². The van der Waals surface area contributed by atoms with Gasteiger partial charge in [-0.05, 0) is 30.3 Å². The second kappa shape index (κ2) is 5.06. The van der Waals surface area contributed by atoms with Gasteiger partial charge >= 0.3 is 0 Å². The van der Waals surface area contributed by atoms with Crippen molar-refractivity contribution in [1.29, 1.82) is 0 Å². The summed E-state index contributed by atoms with van der Waals surface area (Å²) in [6.45, 7) is 0. The van der Waals surface area contributed by atoms with Crippen LogP contribution in [0.4, 0.5) is 5.69 Å². The molecule has 2 rings (SSSR count). The number of phenols is 1. The predicted molar refractivity (Wildman–Crippen MR) is 70.1 cm³/mol. The maximum atomic E-state index is 12.2. The predicted octanol–water partition coefficient (Wildman–Crippen LogP) is 2.72. The lowest BCUT2D eigenvalue weighted by atomic mass is 10.1. The third-order valence-electron chi connectivity index (χ3n) is 2.54. The van der Waals surface area contributed by atoms with Gasteiger partial charge in [-0.3, -0.25) is 9.78 Å². The first kappa shape index (κ1) is 12.4. The molecule has 92 valence electrons. The number of carbonyl (C=O) groups is 1. The van der Waals surface area contributed by atoms with E-state index in [2.05, 4.69) is 4.98 Å². The molecule has 0 aliphatic rings. The second-order valence-corrected chi connectivity index (χ2v) is 4.17. The molecule has 1 N–H and O–H groups in total. The summed E-state index contributed by atoms with van der Waals surface area (Å²) < 4.78 is 0. The Labute approximate surface area is 109 Å². The summed E-state index contributed by atoms with van der Waals surface area (Å²) >= 11 is 5.73. The summed E-state index contributed by atoms with van der Waals surface area (Å²) in [5.74, 6) is -0.441. The Bertz CT molecular complexity index is 572. The minimum Gasteiger partial charge on any atom is -0.507 e. The number of aromatic hydroxyl groups is 1. The molecule has 0 bridgehead atoms. The molecule has 0 saturated heterocycles. The van der Waals surface area contributed by atoms with Crippen LogP contribution in [0.25, 0.3) is 0 Å². The Hall–Kier alpha value is -2.07. The molecular weight excluding hydrogens is 252 g/mol. The average molecular weight is 263 g/mol. The van der Waals surface area contributed by atoms with Crippen molar-refractivity contribution in [2.45, 2.75) is 0 Å². The summed E-state index contributed by atoms with van der Waals surface area (Å²) in [6, 6.07) is 7.83. The quantitative estimate of drug-likeness (QED) is 0.905. The van der Waals surface area contributed by atoms with Crippen LogP contribution in [-0.4, -0.2) is 23.0 Å². The largest absolute Gasteiger partial charge is 0.507 e. The normalized spacial score (nSPS) is 10.1. The lowest BCUT2D eigenvalue weighted by molar-refractivity contribution is 0.0990. The maximum Gasteiger partial charge on any atom is 0.261 e. The molecule has 4 nitrogen and oxygen atoms in total. The number of carbonyl (C=O) groups excluding carboxylic acids is 1. The highest BCUT2D eigenvalue weighted by atomic mass is 35.5. The first-order valence-electron chi connectivity index (χ1n) is 5.26. The molecule has 0 fully saturated rings. The number of benzene rings is 1. The molecule has 0 spiro atoms. The number of phenolic OH excluding ortho intramolecular Hbond substituents is 1. The molecule has 0 aliphatic heterocycles. The van der Waals surface area contributed by atoms with E-state index in [4.69, 9.17) is 11.6 Å². The number of aromatic nitrogens is 1. The van der Waals surface area contributed by atoms with E-state index in [-0.39, 0.29) is 17.2 Å². The van der Waals surface area contributed by atoms with E-state index in [0.29, 0.717) is 10.7 Å². The number of hydrogen-bond acceptors (Lipinski definition) is 3. The Morgan fingerprint density at radius 1 is 1.28 bits per heavy atom. The molecule has 1 aromatic heterocycles. The molecule has 1 aromatic carbocycles. The van der Waals surface area contributed by atoms with Gasteiger partial charge in [0.25, 0.3) is 5.91 Å². The molecule has 0 unspecified atom stereocenters. The number of amides is 1. The van der Waals surface area contributed by atoms with E-state index < -0.39 is 0 Å². The lowest BCUT2D eigenvalue weighted by Gasteiger charge is -2.17.